The Morgan fingerprint density at radius 1 is 0.973 bits per heavy atom. The number of urea groups is 1. The largest absolute Gasteiger partial charge is 0.493 e. The van der Waals surface area contributed by atoms with E-state index in [2.05, 4.69) is 5.32 Å². The summed E-state index contributed by atoms with van der Waals surface area (Å²) in [4.78, 5) is 25.6. The molecule has 0 saturated heterocycles. The molecule has 37 heavy (non-hydrogen) atoms. The van der Waals surface area contributed by atoms with Gasteiger partial charge in [0.25, 0.3) is 0 Å². The average molecular weight is 557 g/mol. The standard InChI is InChI=1S/C26H34Cl2N2O7/c1-3-35-24(25(31)32)15-19-5-7-22(8-6-19)37-14-11-30(26(33)29-9-13-34-2)10-4-12-36-23-17-20(27)16-21(28)18-23/h5-8,16-18,24H,3-4,9-15H2,1-2H3,(H,29,33)(H,31,32). The molecular formula is C26H34Cl2N2O7. The lowest BCUT2D eigenvalue weighted by molar-refractivity contribution is -0.149. The van der Waals surface area contributed by atoms with E-state index in [-0.39, 0.29) is 19.1 Å². The van der Waals surface area contributed by atoms with E-state index in [0.717, 1.165) is 5.56 Å². The molecule has 2 rings (SSSR count). The zero-order chi connectivity index (χ0) is 27.0. The van der Waals surface area contributed by atoms with Gasteiger partial charge in [0.1, 0.15) is 18.1 Å². The molecule has 0 bridgehead atoms. The number of carboxylic acids is 1. The van der Waals surface area contributed by atoms with Crippen molar-refractivity contribution in [3.63, 3.8) is 0 Å². The van der Waals surface area contributed by atoms with Crippen LogP contribution in [0.15, 0.2) is 42.5 Å². The van der Waals surface area contributed by atoms with Crippen molar-refractivity contribution >= 4 is 35.2 Å². The van der Waals surface area contributed by atoms with Gasteiger partial charge < -0.3 is 34.3 Å². The lowest BCUT2D eigenvalue weighted by Crippen LogP contribution is -2.43. The highest BCUT2D eigenvalue weighted by atomic mass is 35.5. The van der Waals surface area contributed by atoms with Gasteiger partial charge in [0, 0.05) is 43.3 Å². The second-order valence-electron chi connectivity index (χ2n) is 8.00. The normalized spacial score (nSPS) is 11.6. The van der Waals surface area contributed by atoms with Gasteiger partial charge in [-0.25, -0.2) is 9.59 Å². The maximum Gasteiger partial charge on any atom is 0.333 e. The molecule has 11 heteroatoms. The van der Waals surface area contributed by atoms with Crippen LogP contribution in [0.1, 0.15) is 18.9 Å². The molecule has 0 saturated carbocycles. The number of nitrogens with zero attached hydrogens (tertiary/aromatic N) is 1. The molecule has 0 spiro atoms. The van der Waals surface area contributed by atoms with Crippen molar-refractivity contribution in [3.05, 3.63) is 58.1 Å². The summed E-state index contributed by atoms with van der Waals surface area (Å²) < 4.78 is 21.8. The van der Waals surface area contributed by atoms with Crippen molar-refractivity contribution in [2.75, 3.05) is 53.2 Å². The molecule has 0 aliphatic heterocycles. The van der Waals surface area contributed by atoms with E-state index in [1.54, 1.807) is 61.4 Å². The summed E-state index contributed by atoms with van der Waals surface area (Å²) in [6.07, 6.45) is -0.0366. The molecule has 1 unspecified atom stereocenters. The van der Waals surface area contributed by atoms with Gasteiger partial charge in [-0.05, 0) is 49.2 Å². The number of carbonyl (C=O) groups is 2. The fourth-order valence-corrected chi connectivity index (χ4v) is 3.88. The Balaban J connectivity index is 1.85. The van der Waals surface area contributed by atoms with Crippen LogP contribution in [0.25, 0.3) is 0 Å². The van der Waals surface area contributed by atoms with Crippen LogP contribution in [0.5, 0.6) is 11.5 Å². The predicted octanol–water partition coefficient (Wildman–Crippen LogP) is 4.53. The highest BCUT2D eigenvalue weighted by Crippen LogP contribution is 2.24. The summed E-state index contributed by atoms with van der Waals surface area (Å²) in [6, 6.07) is 11.9. The summed E-state index contributed by atoms with van der Waals surface area (Å²) in [6.45, 7) is 4.35. The van der Waals surface area contributed by atoms with Gasteiger partial charge in [-0.15, -0.1) is 0 Å². The number of hydrogen-bond acceptors (Lipinski definition) is 6. The number of hydrogen-bond donors (Lipinski definition) is 2. The molecule has 0 aliphatic rings. The van der Waals surface area contributed by atoms with Crippen molar-refractivity contribution in [1.29, 1.82) is 0 Å². The van der Waals surface area contributed by atoms with Crippen LogP contribution in [0, 0.1) is 0 Å². The van der Waals surface area contributed by atoms with E-state index in [4.69, 9.17) is 42.1 Å². The molecule has 1 atom stereocenters. The van der Waals surface area contributed by atoms with Crippen molar-refractivity contribution in [1.82, 2.24) is 10.2 Å². The molecule has 0 heterocycles. The summed E-state index contributed by atoms with van der Waals surface area (Å²) in [5, 5.41) is 13.0. The van der Waals surface area contributed by atoms with Crippen molar-refractivity contribution in [2.45, 2.75) is 25.9 Å². The van der Waals surface area contributed by atoms with Gasteiger partial charge in [0.15, 0.2) is 6.10 Å². The number of halogens is 2. The summed E-state index contributed by atoms with van der Waals surface area (Å²) in [7, 11) is 1.57. The molecule has 0 radical (unpaired) electrons. The average Bonchev–Trinajstić information content (AvgIpc) is 2.85. The first-order valence-electron chi connectivity index (χ1n) is 12.0. The fraction of sp³-hybridized carbons (Fsp3) is 0.462. The van der Waals surface area contributed by atoms with Crippen LogP contribution in [0.2, 0.25) is 10.0 Å². The fourth-order valence-electron chi connectivity index (χ4n) is 3.37. The molecule has 0 aromatic heterocycles. The van der Waals surface area contributed by atoms with Gasteiger partial charge >= 0.3 is 12.0 Å². The smallest absolute Gasteiger partial charge is 0.333 e. The Bertz CT molecular complexity index is 956. The second-order valence-corrected chi connectivity index (χ2v) is 8.87. The molecule has 0 fully saturated rings. The Labute approximate surface area is 227 Å². The van der Waals surface area contributed by atoms with Crippen LogP contribution in [0.3, 0.4) is 0 Å². The van der Waals surface area contributed by atoms with Crippen LogP contribution in [-0.2, 0) is 20.7 Å². The van der Waals surface area contributed by atoms with Crippen LogP contribution in [-0.4, -0.2) is 81.3 Å². The van der Waals surface area contributed by atoms with Gasteiger partial charge in [-0.3, -0.25) is 0 Å². The van der Waals surface area contributed by atoms with E-state index in [9.17, 15) is 14.7 Å². The van der Waals surface area contributed by atoms with Crippen molar-refractivity contribution < 1.29 is 33.6 Å². The molecule has 2 amide bonds. The van der Waals surface area contributed by atoms with Crippen LogP contribution >= 0.6 is 23.2 Å². The highest BCUT2D eigenvalue weighted by molar-refractivity contribution is 6.34. The quantitative estimate of drug-likeness (QED) is 0.275. The maximum absolute atomic E-state index is 12.6. The number of amides is 2. The van der Waals surface area contributed by atoms with Crippen LogP contribution < -0.4 is 14.8 Å². The topological polar surface area (TPSA) is 107 Å². The van der Waals surface area contributed by atoms with Crippen LogP contribution in [0.4, 0.5) is 4.79 Å². The number of ether oxygens (including phenoxy) is 4. The van der Waals surface area contributed by atoms with Gasteiger partial charge in [-0.1, -0.05) is 35.3 Å². The molecular weight excluding hydrogens is 523 g/mol. The number of carbonyl (C=O) groups excluding carboxylic acids is 1. The summed E-state index contributed by atoms with van der Waals surface area (Å²) >= 11 is 12.0. The monoisotopic (exact) mass is 556 g/mol. The van der Waals surface area contributed by atoms with Crippen molar-refractivity contribution in [2.24, 2.45) is 0 Å². The number of benzene rings is 2. The first-order valence-corrected chi connectivity index (χ1v) is 12.7. The van der Waals surface area contributed by atoms with Crippen molar-refractivity contribution in [3.8, 4) is 11.5 Å². The molecule has 2 aromatic rings. The Morgan fingerprint density at radius 2 is 1.65 bits per heavy atom. The third kappa shape index (κ3) is 11.9. The lowest BCUT2D eigenvalue weighted by atomic mass is 10.1. The number of methoxy groups -OCH3 is 1. The number of aliphatic carboxylic acids is 1. The highest BCUT2D eigenvalue weighted by Gasteiger charge is 2.18. The third-order valence-corrected chi connectivity index (χ3v) is 5.60. The summed E-state index contributed by atoms with van der Waals surface area (Å²) in [5.41, 5.74) is 0.827. The maximum atomic E-state index is 12.6. The second kappa shape index (κ2) is 16.9. The first kappa shape index (κ1) is 30.5. The van der Waals surface area contributed by atoms with Gasteiger partial charge in [0.05, 0.1) is 19.8 Å². The summed E-state index contributed by atoms with van der Waals surface area (Å²) in [5.74, 6) is 0.192. The molecule has 0 aliphatic carbocycles. The minimum Gasteiger partial charge on any atom is -0.493 e. The number of nitrogens with one attached hydrogen (secondary N) is 1. The number of rotatable bonds is 17. The Kier molecular flexibility index (Phi) is 13.9. The SMILES string of the molecule is CCOC(Cc1ccc(OCCN(CCCOc2cc(Cl)cc(Cl)c2)C(=O)NCCOC)cc1)C(=O)O. The Hall–Kier alpha value is -2.72. The molecule has 2 aromatic carbocycles. The van der Waals surface area contributed by atoms with E-state index < -0.39 is 12.1 Å². The molecule has 2 N–H and O–H groups in total. The van der Waals surface area contributed by atoms with E-state index in [0.29, 0.717) is 67.4 Å². The molecule has 9 nitrogen and oxygen atoms in total. The van der Waals surface area contributed by atoms with E-state index in [1.165, 1.54) is 0 Å². The van der Waals surface area contributed by atoms with Gasteiger partial charge in [0.2, 0.25) is 0 Å². The zero-order valence-electron chi connectivity index (χ0n) is 21.1. The Morgan fingerprint density at radius 3 is 2.27 bits per heavy atom. The first-order chi connectivity index (χ1) is 17.8. The zero-order valence-corrected chi connectivity index (χ0v) is 22.6. The van der Waals surface area contributed by atoms with E-state index >= 15 is 0 Å². The predicted molar refractivity (Wildman–Crippen MR) is 142 cm³/mol. The third-order valence-electron chi connectivity index (χ3n) is 5.16. The molecule has 204 valence electrons. The van der Waals surface area contributed by atoms with Gasteiger partial charge in [-0.2, -0.15) is 0 Å². The number of carboxylic acid groups (broad SMARTS) is 1. The minimum absolute atomic E-state index is 0.225. The minimum atomic E-state index is -0.993. The van der Waals surface area contributed by atoms with E-state index in [1.807, 2.05) is 0 Å². The lowest BCUT2D eigenvalue weighted by Gasteiger charge is -2.23.